The van der Waals surface area contributed by atoms with Gasteiger partial charge in [0, 0.05) is 5.56 Å². The average molecular weight is 310 g/mol. The van der Waals surface area contributed by atoms with Crippen molar-refractivity contribution in [3.63, 3.8) is 0 Å². The molecule has 1 aliphatic rings. The van der Waals surface area contributed by atoms with Crippen LogP contribution in [0.5, 0.6) is 0 Å². The number of benzene rings is 1. The molecule has 0 radical (unpaired) electrons. The minimum absolute atomic E-state index is 0.0552. The normalized spacial score (nSPS) is 17.9. The van der Waals surface area contributed by atoms with Gasteiger partial charge >= 0.3 is 0 Å². The molecule has 3 rings (SSSR count). The summed E-state index contributed by atoms with van der Waals surface area (Å²) in [5.41, 5.74) is 0.608. The van der Waals surface area contributed by atoms with E-state index in [4.69, 9.17) is 16.1 Å². The van der Waals surface area contributed by atoms with Gasteiger partial charge in [-0.3, -0.25) is 0 Å². The van der Waals surface area contributed by atoms with Gasteiger partial charge in [0.2, 0.25) is 11.7 Å². The average Bonchev–Trinajstić information content (AvgIpc) is 3.01. The van der Waals surface area contributed by atoms with Gasteiger partial charge in [-0.25, -0.2) is 4.39 Å². The zero-order chi connectivity index (χ0) is 14.9. The number of nitrogens with zero attached hydrogens (tertiary/aromatic N) is 2. The lowest BCUT2D eigenvalue weighted by Gasteiger charge is -2.33. The summed E-state index contributed by atoms with van der Waals surface area (Å²) in [4.78, 5) is 4.53. The SMILES string of the molecule is CCC1(c2nc(-c3ccc(F)c(Cl)c3)no2)CCNCC1. The van der Waals surface area contributed by atoms with E-state index in [0.717, 1.165) is 32.4 Å². The smallest absolute Gasteiger partial charge is 0.233 e. The predicted molar refractivity (Wildman–Crippen MR) is 78.8 cm³/mol. The minimum Gasteiger partial charge on any atom is -0.338 e. The minimum atomic E-state index is -0.451. The van der Waals surface area contributed by atoms with Crippen molar-refractivity contribution in [2.24, 2.45) is 0 Å². The van der Waals surface area contributed by atoms with E-state index >= 15 is 0 Å². The number of aromatic nitrogens is 2. The van der Waals surface area contributed by atoms with E-state index in [1.807, 2.05) is 0 Å². The molecule has 1 saturated heterocycles. The lowest BCUT2D eigenvalue weighted by molar-refractivity contribution is 0.216. The Kier molecular flexibility index (Phi) is 3.95. The third kappa shape index (κ3) is 2.68. The molecule has 1 N–H and O–H groups in total. The summed E-state index contributed by atoms with van der Waals surface area (Å²) in [6.07, 6.45) is 2.92. The molecule has 2 heterocycles. The van der Waals surface area contributed by atoms with Gasteiger partial charge in [-0.2, -0.15) is 4.98 Å². The Balaban J connectivity index is 1.93. The first-order valence-electron chi connectivity index (χ1n) is 7.15. The summed E-state index contributed by atoms with van der Waals surface area (Å²) < 4.78 is 18.7. The van der Waals surface area contributed by atoms with Crippen LogP contribution in [0.1, 0.15) is 32.1 Å². The Labute approximate surface area is 127 Å². The molecular formula is C15H17ClFN3O. The molecule has 1 aromatic carbocycles. The number of hydrogen-bond donors (Lipinski definition) is 1. The van der Waals surface area contributed by atoms with Crippen LogP contribution in [0.2, 0.25) is 5.02 Å². The monoisotopic (exact) mass is 309 g/mol. The molecule has 2 aromatic rings. The van der Waals surface area contributed by atoms with Crippen LogP contribution in [0.15, 0.2) is 22.7 Å². The van der Waals surface area contributed by atoms with E-state index in [1.165, 1.54) is 12.1 Å². The second-order valence-electron chi connectivity index (χ2n) is 5.44. The fourth-order valence-electron chi connectivity index (χ4n) is 2.82. The fourth-order valence-corrected chi connectivity index (χ4v) is 3.00. The van der Waals surface area contributed by atoms with E-state index in [0.29, 0.717) is 17.3 Å². The molecular weight excluding hydrogens is 293 g/mol. The van der Waals surface area contributed by atoms with Crippen molar-refractivity contribution >= 4 is 11.6 Å². The summed E-state index contributed by atoms with van der Waals surface area (Å²) >= 11 is 5.80. The molecule has 0 atom stereocenters. The van der Waals surface area contributed by atoms with Gasteiger partial charge in [-0.1, -0.05) is 23.7 Å². The molecule has 21 heavy (non-hydrogen) atoms. The summed E-state index contributed by atoms with van der Waals surface area (Å²) in [6.45, 7) is 4.05. The van der Waals surface area contributed by atoms with Gasteiger partial charge < -0.3 is 9.84 Å². The van der Waals surface area contributed by atoms with Gasteiger partial charge in [0.25, 0.3) is 0 Å². The number of piperidine rings is 1. The predicted octanol–water partition coefficient (Wildman–Crippen LogP) is 3.56. The number of halogens is 2. The zero-order valence-corrected chi connectivity index (χ0v) is 12.6. The van der Waals surface area contributed by atoms with Crippen LogP contribution >= 0.6 is 11.6 Å². The number of hydrogen-bond acceptors (Lipinski definition) is 4. The molecule has 112 valence electrons. The van der Waals surface area contributed by atoms with Gasteiger partial charge in [0.05, 0.1) is 10.4 Å². The topological polar surface area (TPSA) is 51.0 Å². The third-order valence-electron chi connectivity index (χ3n) is 4.29. The number of nitrogens with one attached hydrogen (secondary N) is 1. The Hall–Kier alpha value is -1.46. The van der Waals surface area contributed by atoms with Crippen LogP contribution in [-0.2, 0) is 5.41 Å². The Morgan fingerprint density at radius 3 is 2.81 bits per heavy atom. The molecule has 0 unspecified atom stereocenters. The molecule has 4 nitrogen and oxygen atoms in total. The third-order valence-corrected chi connectivity index (χ3v) is 4.58. The Morgan fingerprint density at radius 2 is 2.14 bits per heavy atom. The maximum absolute atomic E-state index is 13.2. The first-order valence-corrected chi connectivity index (χ1v) is 7.53. The molecule has 0 amide bonds. The van der Waals surface area contributed by atoms with Crippen molar-refractivity contribution in [1.82, 2.24) is 15.5 Å². The summed E-state index contributed by atoms with van der Waals surface area (Å²) in [6, 6.07) is 4.44. The number of rotatable bonds is 3. The molecule has 0 spiro atoms. The second kappa shape index (κ2) is 5.73. The fraction of sp³-hybridized carbons (Fsp3) is 0.467. The van der Waals surface area contributed by atoms with E-state index < -0.39 is 5.82 Å². The molecule has 1 aromatic heterocycles. The Morgan fingerprint density at radius 1 is 1.38 bits per heavy atom. The molecule has 0 bridgehead atoms. The van der Waals surface area contributed by atoms with Crippen molar-refractivity contribution in [3.05, 3.63) is 34.9 Å². The van der Waals surface area contributed by atoms with Crippen LogP contribution in [0.3, 0.4) is 0 Å². The highest BCUT2D eigenvalue weighted by molar-refractivity contribution is 6.31. The highest BCUT2D eigenvalue weighted by Crippen LogP contribution is 2.36. The van der Waals surface area contributed by atoms with Gasteiger partial charge in [-0.15, -0.1) is 0 Å². The van der Waals surface area contributed by atoms with Crippen molar-refractivity contribution < 1.29 is 8.91 Å². The van der Waals surface area contributed by atoms with E-state index in [1.54, 1.807) is 6.07 Å². The van der Waals surface area contributed by atoms with E-state index in [9.17, 15) is 4.39 Å². The first-order chi connectivity index (χ1) is 10.1. The van der Waals surface area contributed by atoms with Crippen LogP contribution in [0, 0.1) is 5.82 Å². The lowest BCUT2D eigenvalue weighted by Crippen LogP contribution is -2.39. The molecule has 0 aliphatic carbocycles. The quantitative estimate of drug-likeness (QED) is 0.942. The summed E-state index contributed by atoms with van der Waals surface area (Å²) in [5.74, 6) is 0.674. The van der Waals surface area contributed by atoms with Crippen LogP contribution in [-0.4, -0.2) is 23.2 Å². The highest BCUT2D eigenvalue weighted by atomic mass is 35.5. The summed E-state index contributed by atoms with van der Waals surface area (Å²) in [7, 11) is 0. The first kappa shape index (κ1) is 14.5. The standard InChI is InChI=1S/C15H17ClFN3O/c1-2-15(5-7-18-8-6-15)14-19-13(20-21-14)10-3-4-12(17)11(16)9-10/h3-4,9,18H,2,5-8H2,1H3. The molecule has 1 aliphatic heterocycles. The van der Waals surface area contributed by atoms with Gasteiger partial charge in [0.1, 0.15) is 5.82 Å². The van der Waals surface area contributed by atoms with Crippen LogP contribution < -0.4 is 5.32 Å². The van der Waals surface area contributed by atoms with E-state index in [2.05, 4.69) is 22.4 Å². The van der Waals surface area contributed by atoms with Crippen molar-refractivity contribution in [3.8, 4) is 11.4 Å². The van der Waals surface area contributed by atoms with Crippen LogP contribution in [0.25, 0.3) is 11.4 Å². The Bertz CT molecular complexity index is 638. The van der Waals surface area contributed by atoms with E-state index in [-0.39, 0.29) is 10.4 Å². The molecule has 1 fully saturated rings. The summed E-state index contributed by atoms with van der Waals surface area (Å²) in [5, 5.41) is 7.45. The molecule has 6 heteroatoms. The lowest BCUT2D eigenvalue weighted by atomic mass is 9.76. The molecule has 0 saturated carbocycles. The zero-order valence-electron chi connectivity index (χ0n) is 11.8. The maximum atomic E-state index is 13.2. The second-order valence-corrected chi connectivity index (χ2v) is 5.84. The highest BCUT2D eigenvalue weighted by Gasteiger charge is 2.37. The maximum Gasteiger partial charge on any atom is 0.233 e. The van der Waals surface area contributed by atoms with Gasteiger partial charge in [0.15, 0.2) is 0 Å². The van der Waals surface area contributed by atoms with Crippen LogP contribution in [0.4, 0.5) is 4.39 Å². The van der Waals surface area contributed by atoms with Crippen molar-refractivity contribution in [2.75, 3.05) is 13.1 Å². The van der Waals surface area contributed by atoms with Gasteiger partial charge in [-0.05, 0) is 50.6 Å². The van der Waals surface area contributed by atoms with Crippen molar-refractivity contribution in [1.29, 1.82) is 0 Å². The largest absolute Gasteiger partial charge is 0.338 e. The van der Waals surface area contributed by atoms with Crippen molar-refractivity contribution in [2.45, 2.75) is 31.6 Å².